The third-order valence-corrected chi connectivity index (χ3v) is 4.35. The zero-order chi connectivity index (χ0) is 21.7. The van der Waals surface area contributed by atoms with E-state index in [9.17, 15) is 9.59 Å². The molecule has 2 atom stereocenters. The van der Waals surface area contributed by atoms with Crippen molar-refractivity contribution < 1.29 is 19.1 Å². The average molecular weight is 527 g/mol. The van der Waals surface area contributed by atoms with Crippen LogP contribution in [0.3, 0.4) is 0 Å². The number of nitrogens with one attached hydrogen (secondary N) is 2. The Hall–Kier alpha value is -1.30. The minimum atomic E-state index is -0.775. The third kappa shape index (κ3) is 8.53. The molecule has 1 aliphatic heterocycles. The van der Waals surface area contributed by atoms with E-state index in [1.807, 2.05) is 41.5 Å². The Morgan fingerprint density at radius 2 is 1.83 bits per heavy atom. The van der Waals surface area contributed by atoms with E-state index in [4.69, 9.17) is 9.47 Å². The average Bonchev–Trinajstić information content (AvgIpc) is 2.76. The van der Waals surface area contributed by atoms with Gasteiger partial charge >= 0.3 is 6.09 Å². The van der Waals surface area contributed by atoms with E-state index in [-0.39, 0.29) is 42.0 Å². The maximum absolute atomic E-state index is 12.8. The molecule has 170 valence electrons. The van der Waals surface area contributed by atoms with Crippen LogP contribution in [0.1, 0.15) is 48.0 Å². The lowest BCUT2D eigenvalue weighted by molar-refractivity contribution is -0.128. The Morgan fingerprint density at radius 1 is 1.24 bits per heavy atom. The highest BCUT2D eigenvalue weighted by atomic mass is 127. The number of carbonyl (C=O) groups excluding carboxylic acids is 2. The number of nitrogens with zero attached hydrogens (tertiary/aromatic N) is 3. The van der Waals surface area contributed by atoms with Crippen molar-refractivity contribution in [3.63, 3.8) is 0 Å². The Bertz CT molecular complexity index is 590. The van der Waals surface area contributed by atoms with Gasteiger partial charge in [0.15, 0.2) is 5.96 Å². The van der Waals surface area contributed by atoms with E-state index < -0.39 is 17.4 Å². The zero-order valence-corrected chi connectivity index (χ0v) is 21.5. The van der Waals surface area contributed by atoms with Gasteiger partial charge in [0, 0.05) is 40.7 Å². The molecular formula is C19H38IN5O4. The highest BCUT2D eigenvalue weighted by Crippen LogP contribution is 2.33. The highest BCUT2D eigenvalue weighted by Gasteiger charge is 2.49. The molecule has 0 aromatic rings. The number of guanidine groups is 1. The fourth-order valence-electron chi connectivity index (χ4n) is 3.06. The summed E-state index contributed by atoms with van der Waals surface area (Å²) < 4.78 is 11.6. The molecule has 9 nitrogen and oxygen atoms in total. The molecule has 2 amide bonds. The lowest BCUT2D eigenvalue weighted by atomic mass is 10.1. The molecule has 0 spiro atoms. The summed E-state index contributed by atoms with van der Waals surface area (Å²) in [7, 11) is 5.11. The van der Waals surface area contributed by atoms with Gasteiger partial charge in [0.05, 0.1) is 12.1 Å². The maximum atomic E-state index is 12.8. The van der Waals surface area contributed by atoms with Crippen molar-refractivity contribution >= 4 is 41.9 Å². The zero-order valence-electron chi connectivity index (χ0n) is 19.2. The van der Waals surface area contributed by atoms with Crippen LogP contribution in [0, 0.1) is 0 Å². The van der Waals surface area contributed by atoms with E-state index in [0.29, 0.717) is 25.5 Å². The SMILES string of the molecule is CN=C(NCCC(=O)N(C)C)NCC1C(C)OC(C)(C)N1C(=O)OC(C)(C)C.I. The molecule has 2 N–H and O–H groups in total. The lowest BCUT2D eigenvalue weighted by Gasteiger charge is -2.35. The van der Waals surface area contributed by atoms with Gasteiger partial charge in [-0.15, -0.1) is 24.0 Å². The van der Waals surface area contributed by atoms with Crippen molar-refractivity contribution in [3.05, 3.63) is 0 Å². The number of halogens is 1. The minimum Gasteiger partial charge on any atom is -0.444 e. The lowest BCUT2D eigenvalue weighted by Crippen LogP contribution is -2.54. The van der Waals surface area contributed by atoms with Gasteiger partial charge in [-0.05, 0) is 41.5 Å². The quantitative estimate of drug-likeness (QED) is 0.323. The summed E-state index contributed by atoms with van der Waals surface area (Å²) in [6.07, 6.45) is -0.218. The van der Waals surface area contributed by atoms with Crippen molar-refractivity contribution in [1.82, 2.24) is 20.4 Å². The van der Waals surface area contributed by atoms with Gasteiger partial charge in [0.25, 0.3) is 0 Å². The van der Waals surface area contributed by atoms with Crippen LogP contribution in [-0.4, -0.2) is 85.5 Å². The Morgan fingerprint density at radius 3 is 2.31 bits per heavy atom. The number of aliphatic imine (C=N–C) groups is 1. The molecule has 29 heavy (non-hydrogen) atoms. The molecule has 1 heterocycles. The summed E-state index contributed by atoms with van der Waals surface area (Å²) in [6.45, 7) is 12.1. The Labute approximate surface area is 192 Å². The number of amides is 2. The van der Waals surface area contributed by atoms with Gasteiger partial charge in [0.1, 0.15) is 11.3 Å². The standard InChI is InChI=1S/C19H37N5O4.HI/c1-13-14(12-22-16(20-7)21-11-10-15(25)23(8)9)24(19(5,6)27-13)17(26)28-18(2,3)4;/h13-14H,10-12H2,1-9H3,(H2,20,21,22);1H. The van der Waals surface area contributed by atoms with Crippen LogP contribution in [0.4, 0.5) is 4.79 Å². The van der Waals surface area contributed by atoms with Crippen LogP contribution in [0.25, 0.3) is 0 Å². The molecule has 0 saturated carbocycles. The Balaban J connectivity index is 0.00000784. The van der Waals surface area contributed by atoms with Crippen molar-refractivity contribution in [2.24, 2.45) is 4.99 Å². The third-order valence-electron chi connectivity index (χ3n) is 4.35. The summed E-state index contributed by atoms with van der Waals surface area (Å²) >= 11 is 0. The number of hydrogen-bond acceptors (Lipinski definition) is 5. The van der Waals surface area contributed by atoms with Crippen molar-refractivity contribution in [2.75, 3.05) is 34.2 Å². The first-order chi connectivity index (χ1) is 12.8. The Kier molecular flexibility index (Phi) is 10.7. The summed E-state index contributed by atoms with van der Waals surface area (Å²) in [5, 5.41) is 6.33. The van der Waals surface area contributed by atoms with Gasteiger partial charge in [-0.2, -0.15) is 0 Å². The van der Waals surface area contributed by atoms with E-state index in [1.54, 1.807) is 30.9 Å². The second kappa shape index (κ2) is 11.2. The van der Waals surface area contributed by atoms with Crippen LogP contribution in [-0.2, 0) is 14.3 Å². The van der Waals surface area contributed by atoms with E-state index in [2.05, 4.69) is 15.6 Å². The van der Waals surface area contributed by atoms with Gasteiger partial charge in [0.2, 0.25) is 5.91 Å². The highest BCUT2D eigenvalue weighted by molar-refractivity contribution is 14.0. The number of hydrogen-bond donors (Lipinski definition) is 2. The first-order valence-corrected chi connectivity index (χ1v) is 9.63. The summed E-state index contributed by atoms with van der Waals surface area (Å²) in [5.74, 6) is 0.603. The second-order valence-corrected chi connectivity index (χ2v) is 8.61. The first kappa shape index (κ1) is 27.7. The monoisotopic (exact) mass is 527 g/mol. The second-order valence-electron chi connectivity index (χ2n) is 8.61. The van der Waals surface area contributed by atoms with Gasteiger partial charge in [-0.25, -0.2) is 4.79 Å². The van der Waals surface area contributed by atoms with Crippen molar-refractivity contribution in [3.8, 4) is 0 Å². The van der Waals surface area contributed by atoms with Crippen LogP contribution in [0.2, 0.25) is 0 Å². The van der Waals surface area contributed by atoms with Crippen LogP contribution in [0.5, 0.6) is 0 Å². The molecule has 1 fully saturated rings. The van der Waals surface area contributed by atoms with Crippen LogP contribution in [0.15, 0.2) is 4.99 Å². The molecule has 0 bridgehead atoms. The van der Waals surface area contributed by atoms with Crippen molar-refractivity contribution in [1.29, 1.82) is 0 Å². The molecule has 1 aliphatic rings. The van der Waals surface area contributed by atoms with Gasteiger partial charge < -0.3 is 25.0 Å². The number of ether oxygens (including phenoxy) is 2. The molecule has 10 heteroatoms. The predicted octanol–water partition coefficient (Wildman–Crippen LogP) is 2.01. The van der Waals surface area contributed by atoms with E-state index >= 15 is 0 Å². The number of carbonyl (C=O) groups is 2. The molecule has 0 aromatic carbocycles. The smallest absolute Gasteiger partial charge is 0.412 e. The topological polar surface area (TPSA) is 95.5 Å². The summed E-state index contributed by atoms with van der Waals surface area (Å²) in [4.78, 5) is 31.8. The van der Waals surface area contributed by atoms with E-state index in [0.717, 1.165) is 0 Å². The van der Waals surface area contributed by atoms with Crippen LogP contribution < -0.4 is 10.6 Å². The maximum Gasteiger partial charge on any atom is 0.412 e. The number of rotatable bonds is 5. The fourth-order valence-corrected chi connectivity index (χ4v) is 3.06. The van der Waals surface area contributed by atoms with E-state index in [1.165, 1.54) is 0 Å². The van der Waals surface area contributed by atoms with Gasteiger partial charge in [-0.1, -0.05) is 0 Å². The minimum absolute atomic E-state index is 0. The fraction of sp³-hybridized carbons (Fsp3) is 0.842. The molecule has 0 radical (unpaired) electrons. The largest absolute Gasteiger partial charge is 0.444 e. The summed E-state index contributed by atoms with van der Waals surface area (Å²) in [5.41, 5.74) is -1.36. The van der Waals surface area contributed by atoms with Crippen LogP contribution >= 0.6 is 24.0 Å². The van der Waals surface area contributed by atoms with Crippen molar-refractivity contribution in [2.45, 2.75) is 71.4 Å². The predicted molar refractivity (Wildman–Crippen MR) is 125 cm³/mol. The molecule has 1 rings (SSSR count). The molecule has 0 aliphatic carbocycles. The first-order valence-electron chi connectivity index (χ1n) is 9.63. The summed E-state index contributed by atoms with van der Waals surface area (Å²) in [6, 6.07) is -0.230. The van der Waals surface area contributed by atoms with Gasteiger partial charge in [-0.3, -0.25) is 14.7 Å². The normalized spacial score (nSPS) is 21.3. The molecule has 0 aromatic heterocycles. The molecule has 1 saturated heterocycles. The molecular weight excluding hydrogens is 489 g/mol. The molecule has 2 unspecified atom stereocenters.